The Morgan fingerprint density at radius 2 is 1.59 bits per heavy atom. The minimum Gasteiger partial charge on any atom is -0.373 e. The van der Waals surface area contributed by atoms with Crippen LogP contribution in [0, 0.1) is 23.4 Å². The molecule has 0 aromatic heterocycles. The quantitative estimate of drug-likeness (QED) is 0.196. The molecule has 4 rings (SSSR count). The average molecular weight is 507 g/mol. The zero-order chi connectivity index (χ0) is 26.2. The van der Waals surface area contributed by atoms with Crippen molar-refractivity contribution in [1.82, 2.24) is 0 Å². The van der Waals surface area contributed by atoms with Crippen molar-refractivity contribution < 1.29 is 17.9 Å². The number of rotatable bonds is 10. The third-order valence-corrected chi connectivity index (χ3v) is 7.44. The van der Waals surface area contributed by atoms with Gasteiger partial charge in [-0.3, -0.25) is 0 Å². The number of ether oxygens (including phenoxy) is 1. The topological polar surface area (TPSA) is 9.23 Å². The van der Waals surface area contributed by atoms with Gasteiger partial charge in [-0.2, -0.15) is 0 Å². The van der Waals surface area contributed by atoms with Crippen LogP contribution in [0.2, 0.25) is 0 Å². The van der Waals surface area contributed by atoms with Gasteiger partial charge in [-0.25, -0.2) is 13.2 Å². The molecule has 1 fully saturated rings. The lowest BCUT2D eigenvalue weighted by Crippen LogP contribution is -2.20. The highest BCUT2D eigenvalue weighted by atomic mass is 19.2. The lowest BCUT2D eigenvalue weighted by atomic mass is 9.90. The maximum atomic E-state index is 15.1. The second-order valence-electron chi connectivity index (χ2n) is 10.1. The Morgan fingerprint density at radius 3 is 2.24 bits per heavy atom. The molecule has 1 saturated heterocycles. The van der Waals surface area contributed by atoms with Crippen LogP contribution in [-0.2, 0) is 11.2 Å². The highest BCUT2D eigenvalue weighted by Gasteiger charge is 2.23. The van der Waals surface area contributed by atoms with E-state index in [0.717, 1.165) is 25.0 Å². The summed E-state index contributed by atoms with van der Waals surface area (Å²) in [5.41, 5.74) is 3.18. The van der Waals surface area contributed by atoms with Gasteiger partial charge in [0.1, 0.15) is 5.82 Å². The van der Waals surface area contributed by atoms with Crippen molar-refractivity contribution in [1.29, 1.82) is 0 Å². The van der Waals surface area contributed by atoms with Crippen LogP contribution < -0.4 is 0 Å². The lowest BCUT2D eigenvalue weighted by Gasteiger charge is -2.29. The Bertz CT molecular complexity index is 1190. The molecule has 0 aliphatic carbocycles. The van der Waals surface area contributed by atoms with E-state index in [1.807, 2.05) is 25.1 Å². The van der Waals surface area contributed by atoms with Gasteiger partial charge < -0.3 is 4.74 Å². The molecule has 0 radical (unpaired) electrons. The minimum absolute atomic E-state index is 0.0628. The van der Waals surface area contributed by atoms with Crippen molar-refractivity contribution >= 4 is 0 Å². The molecule has 2 atom stereocenters. The van der Waals surface area contributed by atoms with Crippen LogP contribution in [0.1, 0.15) is 76.0 Å². The molecule has 2 unspecified atom stereocenters. The second-order valence-corrected chi connectivity index (χ2v) is 10.1. The van der Waals surface area contributed by atoms with E-state index >= 15 is 4.39 Å². The third kappa shape index (κ3) is 6.73. The molecule has 0 amide bonds. The number of aryl methyl sites for hydroxylation is 1. The highest BCUT2D eigenvalue weighted by molar-refractivity contribution is 5.71. The van der Waals surface area contributed by atoms with Gasteiger partial charge in [0.05, 0.1) is 12.7 Å². The summed E-state index contributed by atoms with van der Waals surface area (Å²) in [6, 6.07) is 15.5. The molecule has 1 aliphatic rings. The van der Waals surface area contributed by atoms with E-state index in [2.05, 4.69) is 6.92 Å². The van der Waals surface area contributed by atoms with E-state index in [4.69, 9.17) is 4.74 Å². The predicted molar refractivity (Wildman–Crippen MR) is 146 cm³/mol. The van der Waals surface area contributed by atoms with Gasteiger partial charge in [-0.15, -0.1) is 0 Å². The van der Waals surface area contributed by atoms with Crippen LogP contribution in [0.4, 0.5) is 13.2 Å². The van der Waals surface area contributed by atoms with Crippen LogP contribution >= 0.6 is 0 Å². The zero-order valence-corrected chi connectivity index (χ0v) is 21.9. The zero-order valence-electron chi connectivity index (χ0n) is 21.9. The van der Waals surface area contributed by atoms with Crippen molar-refractivity contribution in [2.45, 2.75) is 71.3 Å². The van der Waals surface area contributed by atoms with E-state index in [-0.39, 0.29) is 17.5 Å². The van der Waals surface area contributed by atoms with E-state index in [1.54, 1.807) is 48.5 Å². The van der Waals surface area contributed by atoms with Crippen molar-refractivity contribution in [3.63, 3.8) is 0 Å². The van der Waals surface area contributed by atoms with E-state index in [1.165, 1.54) is 25.7 Å². The summed E-state index contributed by atoms with van der Waals surface area (Å²) in [5, 5.41) is 0. The molecule has 0 saturated carbocycles. The van der Waals surface area contributed by atoms with Gasteiger partial charge in [-0.1, -0.05) is 86.9 Å². The van der Waals surface area contributed by atoms with Crippen molar-refractivity contribution in [2.75, 3.05) is 6.61 Å². The first-order valence-electron chi connectivity index (χ1n) is 13.6. The Hall–Kier alpha value is -2.85. The SMILES string of the molecule is CC=CCCc1ccc(-c2ccc(-c3ccc(C4CCC(CCCCC)CO4)cc3F)cc2)c(F)c1F. The van der Waals surface area contributed by atoms with Gasteiger partial charge in [0, 0.05) is 11.1 Å². The van der Waals surface area contributed by atoms with Crippen LogP contribution in [0.15, 0.2) is 66.7 Å². The first kappa shape index (κ1) is 27.2. The molecule has 1 aliphatic heterocycles. The minimum atomic E-state index is -0.846. The van der Waals surface area contributed by atoms with Crippen LogP contribution in [-0.4, -0.2) is 6.61 Å². The van der Waals surface area contributed by atoms with E-state index in [9.17, 15) is 8.78 Å². The molecule has 4 heteroatoms. The van der Waals surface area contributed by atoms with Crippen molar-refractivity contribution in [3.8, 4) is 22.3 Å². The summed E-state index contributed by atoms with van der Waals surface area (Å²) in [7, 11) is 0. The van der Waals surface area contributed by atoms with E-state index < -0.39 is 11.6 Å². The molecular weight excluding hydrogens is 469 g/mol. The normalized spacial score (nSPS) is 18.0. The van der Waals surface area contributed by atoms with Gasteiger partial charge in [0.2, 0.25) is 0 Å². The van der Waals surface area contributed by atoms with Crippen molar-refractivity contribution in [3.05, 3.63) is 95.3 Å². The maximum absolute atomic E-state index is 15.1. The van der Waals surface area contributed by atoms with Crippen LogP contribution in [0.5, 0.6) is 0 Å². The van der Waals surface area contributed by atoms with E-state index in [0.29, 0.717) is 41.0 Å². The second kappa shape index (κ2) is 13.1. The summed E-state index contributed by atoms with van der Waals surface area (Å²) < 4.78 is 50.6. The van der Waals surface area contributed by atoms with Gasteiger partial charge >= 0.3 is 0 Å². The Labute approximate surface area is 219 Å². The molecule has 1 heterocycles. The number of hydrogen-bond acceptors (Lipinski definition) is 1. The molecule has 0 spiro atoms. The number of allylic oxidation sites excluding steroid dienone is 2. The largest absolute Gasteiger partial charge is 0.373 e. The first-order valence-corrected chi connectivity index (χ1v) is 13.6. The number of halogens is 3. The Balaban J connectivity index is 1.43. The molecule has 0 N–H and O–H groups in total. The molecule has 0 bridgehead atoms. The fourth-order valence-corrected chi connectivity index (χ4v) is 5.19. The average Bonchev–Trinajstić information content (AvgIpc) is 2.92. The highest BCUT2D eigenvalue weighted by Crippen LogP contribution is 2.35. The summed E-state index contributed by atoms with van der Waals surface area (Å²) in [5.74, 6) is -1.34. The van der Waals surface area contributed by atoms with Gasteiger partial charge in [0.25, 0.3) is 0 Å². The molecular formula is C33H37F3O. The monoisotopic (exact) mass is 506 g/mol. The predicted octanol–water partition coefficient (Wildman–Crippen LogP) is 9.99. The maximum Gasteiger partial charge on any atom is 0.166 e. The smallest absolute Gasteiger partial charge is 0.166 e. The molecule has 1 nitrogen and oxygen atoms in total. The summed E-state index contributed by atoms with van der Waals surface area (Å²) in [6.45, 7) is 4.86. The third-order valence-electron chi connectivity index (χ3n) is 7.44. The molecule has 3 aromatic carbocycles. The molecule has 37 heavy (non-hydrogen) atoms. The fraction of sp³-hybridized carbons (Fsp3) is 0.394. The summed E-state index contributed by atoms with van der Waals surface area (Å²) >= 11 is 0. The summed E-state index contributed by atoms with van der Waals surface area (Å²) in [6.07, 6.45) is 11.9. The van der Waals surface area contributed by atoms with Crippen LogP contribution in [0.25, 0.3) is 22.3 Å². The first-order chi connectivity index (χ1) is 18.0. The molecule has 3 aromatic rings. The standard InChI is InChI=1S/C33H37F3O/c1-3-5-7-9-23-11-20-31(37-22-23)27-17-18-28(30(34)21-27)24-12-14-25(15-13-24)29-19-16-26(10-8-6-4-2)32(35)33(29)36/h4,6,12-19,21,23,31H,3,5,7-11,20,22H2,1-2H3. The van der Waals surface area contributed by atoms with Crippen molar-refractivity contribution in [2.24, 2.45) is 5.92 Å². The number of hydrogen-bond donors (Lipinski definition) is 0. The van der Waals surface area contributed by atoms with Gasteiger partial charge in [0.15, 0.2) is 11.6 Å². The Kier molecular flexibility index (Phi) is 9.62. The molecule has 196 valence electrons. The lowest BCUT2D eigenvalue weighted by molar-refractivity contribution is -0.0200. The van der Waals surface area contributed by atoms with Crippen LogP contribution in [0.3, 0.4) is 0 Å². The number of unbranched alkanes of at least 4 members (excludes halogenated alkanes) is 2. The summed E-state index contributed by atoms with van der Waals surface area (Å²) in [4.78, 5) is 0. The van der Waals surface area contributed by atoms with Gasteiger partial charge in [-0.05, 0) is 73.3 Å². The number of benzene rings is 3. The Morgan fingerprint density at radius 1 is 0.865 bits per heavy atom. The fourth-order valence-electron chi connectivity index (χ4n) is 5.19.